The van der Waals surface area contributed by atoms with Crippen LogP contribution in [0.4, 0.5) is 5.69 Å². The van der Waals surface area contributed by atoms with E-state index in [-0.39, 0.29) is 23.9 Å². The first-order valence-corrected chi connectivity index (χ1v) is 7.00. The monoisotopic (exact) mass is 288 g/mol. The van der Waals surface area contributed by atoms with Crippen LogP contribution in [0.3, 0.4) is 0 Å². The van der Waals surface area contributed by atoms with Crippen molar-refractivity contribution in [3.8, 4) is 0 Å². The lowest BCUT2D eigenvalue weighted by Gasteiger charge is -2.21. The molecule has 0 unspecified atom stereocenters. The Labute approximate surface area is 122 Å². The standard InChI is InChI=1S/C15H16N2O4/c18-13-2-1-6-16(13)9-14(19)17-7-5-10-8-11(15(20)21)3-4-12(10)17/h3-4,8H,1-2,5-7,9H2,(H,20,21). The lowest BCUT2D eigenvalue weighted by Crippen LogP contribution is -2.40. The Morgan fingerprint density at radius 3 is 2.67 bits per heavy atom. The minimum Gasteiger partial charge on any atom is -0.478 e. The van der Waals surface area contributed by atoms with Gasteiger partial charge in [-0.3, -0.25) is 9.59 Å². The highest BCUT2D eigenvalue weighted by Gasteiger charge is 2.29. The lowest BCUT2D eigenvalue weighted by atomic mass is 10.1. The number of rotatable bonds is 3. The molecule has 2 heterocycles. The molecule has 1 aromatic rings. The van der Waals surface area contributed by atoms with Crippen molar-refractivity contribution in [2.45, 2.75) is 19.3 Å². The highest BCUT2D eigenvalue weighted by atomic mass is 16.4. The number of carbonyl (C=O) groups is 3. The number of fused-ring (bicyclic) bond motifs is 1. The number of hydrogen-bond acceptors (Lipinski definition) is 3. The van der Waals surface area contributed by atoms with Crippen molar-refractivity contribution >= 4 is 23.5 Å². The second kappa shape index (κ2) is 5.20. The van der Waals surface area contributed by atoms with Gasteiger partial charge in [0.25, 0.3) is 0 Å². The highest BCUT2D eigenvalue weighted by Crippen LogP contribution is 2.29. The average Bonchev–Trinajstić information content (AvgIpc) is 3.04. The Bertz CT molecular complexity index is 626. The van der Waals surface area contributed by atoms with E-state index in [9.17, 15) is 14.4 Å². The Morgan fingerprint density at radius 2 is 2.00 bits per heavy atom. The van der Waals surface area contributed by atoms with Gasteiger partial charge in [0.15, 0.2) is 0 Å². The third kappa shape index (κ3) is 2.49. The molecule has 2 aliphatic rings. The molecule has 110 valence electrons. The average molecular weight is 288 g/mol. The Balaban J connectivity index is 1.76. The van der Waals surface area contributed by atoms with Crippen molar-refractivity contribution in [3.63, 3.8) is 0 Å². The van der Waals surface area contributed by atoms with Crippen LogP contribution in [0.1, 0.15) is 28.8 Å². The summed E-state index contributed by atoms with van der Waals surface area (Å²) in [6, 6.07) is 4.80. The smallest absolute Gasteiger partial charge is 0.335 e. The molecule has 6 nitrogen and oxygen atoms in total. The van der Waals surface area contributed by atoms with E-state index in [0.29, 0.717) is 25.9 Å². The molecule has 3 rings (SSSR count). The molecule has 0 saturated carbocycles. The Kier molecular flexibility index (Phi) is 3.37. The molecule has 0 atom stereocenters. The maximum absolute atomic E-state index is 12.3. The van der Waals surface area contributed by atoms with Gasteiger partial charge in [0, 0.05) is 25.2 Å². The predicted octanol–water partition coefficient (Wildman–Crippen LogP) is 0.896. The summed E-state index contributed by atoms with van der Waals surface area (Å²) in [5, 5.41) is 8.99. The summed E-state index contributed by atoms with van der Waals surface area (Å²) in [5.41, 5.74) is 1.87. The molecule has 2 aliphatic heterocycles. The van der Waals surface area contributed by atoms with Crippen LogP contribution in [0.25, 0.3) is 0 Å². The van der Waals surface area contributed by atoms with Crippen molar-refractivity contribution in [2.75, 3.05) is 24.5 Å². The van der Waals surface area contributed by atoms with Gasteiger partial charge in [-0.05, 0) is 36.6 Å². The molecule has 1 aromatic carbocycles. The van der Waals surface area contributed by atoms with E-state index in [0.717, 1.165) is 17.7 Å². The molecule has 2 amide bonds. The number of hydrogen-bond donors (Lipinski definition) is 1. The number of likely N-dealkylation sites (tertiary alicyclic amines) is 1. The van der Waals surface area contributed by atoms with Crippen LogP contribution in [-0.4, -0.2) is 47.4 Å². The predicted molar refractivity (Wildman–Crippen MR) is 75.3 cm³/mol. The van der Waals surface area contributed by atoms with Crippen LogP contribution in [0.2, 0.25) is 0 Å². The molecular formula is C15H16N2O4. The first-order valence-electron chi connectivity index (χ1n) is 7.00. The van der Waals surface area contributed by atoms with Gasteiger partial charge in [0.1, 0.15) is 6.54 Å². The summed E-state index contributed by atoms with van der Waals surface area (Å²) in [6.45, 7) is 1.29. The molecular weight excluding hydrogens is 272 g/mol. The van der Waals surface area contributed by atoms with Gasteiger partial charge < -0.3 is 14.9 Å². The fraction of sp³-hybridized carbons (Fsp3) is 0.400. The second-order valence-corrected chi connectivity index (χ2v) is 5.36. The number of benzene rings is 1. The molecule has 0 radical (unpaired) electrons. The fourth-order valence-corrected chi connectivity index (χ4v) is 2.91. The van der Waals surface area contributed by atoms with Crippen LogP contribution in [0, 0.1) is 0 Å². The number of amides is 2. The SMILES string of the molecule is O=C(O)c1ccc2c(c1)CCN2C(=O)CN1CCCC1=O. The third-order valence-electron chi connectivity index (χ3n) is 4.02. The van der Waals surface area contributed by atoms with E-state index in [1.54, 1.807) is 21.9 Å². The summed E-state index contributed by atoms with van der Waals surface area (Å²) >= 11 is 0. The van der Waals surface area contributed by atoms with E-state index in [4.69, 9.17) is 5.11 Å². The van der Waals surface area contributed by atoms with Crippen molar-refractivity contribution in [3.05, 3.63) is 29.3 Å². The summed E-state index contributed by atoms with van der Waals surface area (Å²) in [4.78, 5) is 38.1. The molecule has 0 bridgehead atoms. The summed E-state index contributed by atoms with van der Waals surface area (Å²) in [6.07, 6.45) is 1.98. The number of anilines is 1. The number of carbonyl (C=O) groups excluding carboxylic acids is 2. The van der Waals surface area contributed by atoms with Gasteiger partial charge in [-0.2, -0.15) is 0 Å². The molecule has 1 fully saturated rings. The molecule has 1 N–H and O–H groups in total. The van der Waals surface area contributed by atoms with Crippen molar-refractivity contribution < 1.29 is 19.5 Å². The summed E-state index contributed by atoms with van der Waals surface area (Å²) in [7, 11) is 0. The maximum atomic E-state index is 12.3. The Morgan fingerprint density at radius 1 is 1.19 bits per heavy atom. The normalized spacial score (nSPS) is 17.2. The van der Waals surface area contributed by atoms with Crippen LogP contribution in [0.15, 0.2) is 18.2 Å². The van der Waals surface area contributed by atoms with Gasteiger partial charge in [0.2, 0.25) is 11.8 Å². The number of nitrogens with zero attached hydrogens (tertiary/aromatic N) is 2. The zero-order valence-electron chi connectivity index (χ0n) is 11.5. The highest BCUT2D eigenvalue weighted by molar-refractivity contribution is 5.99. The van der Waals surface area contributed by atoms with Gasteiger partial charge in [0.05, 0.1) is 5.56 Å². The number of carboxylic acid groups (broad SMARTS) is 1. The van der Waals surface area contributed by atoms with E-state index < -0.39 is 5.97 Å². The minimum absolute atomic E-state index is 0.0315. The summed E-state index contributed by atoms with van der Waals surface area (Å²) < 4.78 is 0. The molecule has 6 heteroatoms. The third-order valence-corrected chi connectivity index (χ3v) is 4.02. The van der Waals surface area contributed by atoms with Crippen LogP contribution in [0.5, 0.6) is 0 Å². The largest absolute Gasteiger partial charge is 0.478 e. The minimum atomic E-state index is -0.967. The lowest BCUT2D eigenvalue weighted by molar-refractivity contribution is -0.132. The Hall–Kier alpha value is -2.37. The zero-order chi connectivity index (χ0) is 15.0. The van der Waals surface area contributed by atoms with E-state index >= 15 is 0 Å². The fourth-order valence-electron chi connectivity index (χ4n) is 2.91. The van der Waals surface area contributed by atoms with Crippen LogP contribution >= 0.6 is 0 Å². The molecule has 1 saturated heterocycles. The van der Waals surface area contributed by atoms with E-state index in [2.05, 4.69) is 0 Å². The van der Waals surface area contributed by atoms with Crippen molar-refractivity contribution in [1.82, 2.24) is 4.90 Å². The van der Waals surface area contributed by atoms with Gasteiger partial charge in [-0.15, -0.1) is 0 Å². The molecule has 0 spiro atoms. The maximum Gasteiger partial charge on any atom is 0.335 e. The molecule has 0 aromatic heterocycles. The van der Waals surface area contributed by atoms with Crippen LogP contribution < -0.4 is 4.90 Å². The van der Waals surface area contributed by atoms with E-state index in [1.165, 1.54) is 6.07 Å². The van der Waals surface area contributed by atoms with E-state index in [1.807, 2.05) is 0 Å². The van der Waals surface area contributed by atoms with Crippen molar-refractivity contribution in [2.24, 2.45) is 0 Å². The zero-order valence-corrected chi connectivity index (χ0v) is 11.5. The van der Waals surface area contributed by atoms with Gasteiger partial charge in [-0.1, -0.05) is 0 Å². The van der Waals surface area contributed by atoms with Gasteiger partial charge >= 0.3 is 5.97 Å². The van der Waals surface area contributed by atoms with Crippen LogP contribution in [-0.2, 0) is 16.0 Å². The second-order valence-electron chi connectivity index (χ2n) is 5.36. The first kappa shape index (κ1) is 13.6. The number of aromatic carboxylic acids is 1. The molecule has 21 heavy (non-hydrogen) atoms. The van der Waals surface area contributed by atoms with Gasteiger partial charge in [-0.25, -0.2) is 4.79 Å². The quantitative estimate of drug-likeness (QED) is 0.896. The first-order chi connectivity index (χ1) is 10.1. The topological polar surface area (TPSA) is 77.9 Å². The molecule has 0 aliphatic carbocycles. The summed E-state index contributed by atoms with van der Waals surface area (Å²) in [5.74, 6) is -1.04. The number of carboxylic acids is 1. The van der Waals surface area contributed by atoms with Crippen molar-refractivity contribution in [1.29, 1.82) is 0 Å².